The van der Waals surface area contributed by atoms with Crippen molar-refractivity contribution in [2.45, 2.75) is 40.2 Å². The van der Waals surface area contributed by atoms with Gasteiger partial charge in [0.2, 0.25) is 0 Å². The Morgan fingerprint density at radius 3 is 2.43 bits per heavy atom. The van der Waals surface area contributed by atoms with E-state index in [1.807, 2.05) is 13.2 Å². The first-order valence-corrected chi connectivity index (χ1v) is 8.26. The Bertz CT molecular complexity index is 390. The zero-order valence-corrected chi connectivity index (χ0v) is 14.4. The molecule has 4 nitrogen and oxygen atoms in total. The lowest BCUT2D eigenvalue weighted by atomic mass is 10.1. The van der Waals surface area contributed by atoms with E-state index >= 15 is 0 Å². The van der Waals surface area contributed by atoms with Crippen molar-refractivity contribution < 1.29 is 0 Å². The zero-order chi connectivity index (χ0) is 15.7. The van der Waals surface area contributed by atoms with E-state index in [1.54, 1.807) is 0 Å². The Morgan fingerprint density at radius 1 is 1.14 bits per heavy atom. The third-order valence-corrected chi connectivity index (χ3v) is 4.21. The molecular weight excluding hydrogens is 260 g/mol. The van der Waals surface area contributed by atoms with Gasteiger partial charge in [0.15, 0.2) is 0 Å². The lowest BCUT2D eigenvalue weighted by Gasteiger charge is -2.25. The quantitative estimate of drug-likeness (QED) is 0.718. The molecule has 0 aliphatic carbocycles. The number of hydrogen-bond donors (Lipinski definition) is 1. The average Bonchev–Trinajstić information content (AvgIpc) is 2.54. The van der Waals surface area contributed by atoms with Crippen LogP contribution in [0.2, 0.25) is 0 Å². The Balaban J connectivity index is 2.63. The summed E-state index contributed by atoms with van der Waals surface area (Å²) in [5.41, 5.74) is 1.30. The van der Waals surface area contributed by atoms with Gasteiger partial charge in [-0.05, 0) is 64.6 Å². The number of aromatic nitrogens is 1. The molecule has 4 heteroatoms. The van der Waals surface area contributed by atoms with Crippen molar-refractivity contribution in [1.29, 1.82) is 0 Å². The number of anilines is 1. The van der Waals surface area contributed by atoms with Crippen molar-refractivity contribution in [3.05, 3.63) is 23.9 Å². The lowest BCUT2D eigenvalue weighted by molar-refractivity contribution is 0.300. The van der Waals surface area contributed by atoms with Crippen LogP contribution in [0.1, 0.15) is 45.7 Å². The van der Waals surface area contributed by atoms with E-state index in [0.717, 1.165) is 38.5 Å². The first-order valence-electron chi connectivity index (χ1n) is 8.26. The van der Waals surface area contributed by atoms with Gasteiger partial charge in [0, 0.05) is 25.3 Å². The van der Waals surface area contributed by atoms with Crippen molar-refractivity contribution in [2.24, 2.45) is 0 Å². The van der Waals surface area contributed by atoms with Crippen molar-refractivity contribution in [1.82, 2.24) is 15.2 Å². The maximum absolute atomic E-state index is 4.55. The molecule has 21 heavy (non-hydrogen) atoms. The van der Waals surface area contributed by atoms with Gasteiger partial charge in [-0.25, -0.2) is 4.98 Å². The molecule has 0 spiro atoms. The molecule has 1 aromatic rings. The van der Waals surface area contributed by atoms with Gasteiger partial charge in [-0.2, -0.15) is 0 Å². The van der Waals surface area contributed by atoms with Crippen molar-refractivity contribution in [3.8, 4) is 0 Å². The Kier molecular flexibility index (Phi) is 8.31. The van der Waals surface area contributed by atoms with Crippen LogP contribution in [-0.4, -0.2) is 49.7 Å². The van der Waals surface area contributed by atoms with Gasteiger partial charge in [0.1, 0.15) is 5.82 Å². The molecule has 0 saturated carbocycles. The van der Waals surface area contributed by atoms with Crippen LogP contribution in [-0.2, 0) is 0 Å². The smallest absolute Gasteiger partial charge is 0.128 e. The summed E-state index contributed by atoms with van der Waals surface area (Å²) in [4.78, 5) is 9.39. The maximum Gasteiger partial charge on any atom is 0.128 e. The SMILES string of the molecule is CCN(CC)CCCN(CC)c1cc(C(C)NC)ccn1. The summed E-state index contributed by atoms with van der Waals surface area (Å²) in [5, 5.41) is 3.29. The summed E-state index contributed by atoms with van der Waals surface area (Å²) in [6, 6.07) is 4.66. The van der Waals surface area contributed by atoms with Crippen LogP contribution in [0.3, 0.4) is 0 Å². The minimum atomic E-state index is 0.362. The normalized spacial score (nSPS) is 12.7. The second-order valence-corrected chi connectivity index (χ2v) is 5.42. The number of hydrogen-bond acceptors (Lipinski definition) is 4. The molecule has 1 atom stereocenters. The fourth-order valence-corrected chi connectivity index (χ4v) is 2.50. The molecule has 1 N–H and O–H groups in total. The monoisotopic (exact) mass is 292 g/mol. The topological polar surface area (TPSA) is 31.4 Å². The fourth-order valence-electron chi connectivity index (χ4n) is 2.50. The molecule has 1 rings (SSSR count). The second-order valence-electron chi connectivity index (χ2n) is 5.42. The molecule has 0 saturated heterocycles. The maximum atomic E-state index is 4.55. The van der Waals surface area contributed by atoms with E-state index in [9.17, 15) is 0 Å². The summed E-state index contributed by atoms with van der Waals surface area (Å²) in [6.45, 7) is 14.3. The highest BCUT2D eigenvalue weighted by Gasteiger charge is 2.09. The summed E-state index contributed by atoms with van der Waals surface area (Å²) in [7, 11) is 1.99. The van der Waals surface area contributed by atoms with Gasteiger partial charge in [-0.3, -0.25) is 0 Å². The third-order valence-electron chi connectivity index (χ3n) is 4.21. The van der Waals surface area contributed by atoms with Gasteiger partial charge in [0.05, 0.1) is 0 Å². The Labute approximate surface area is 130 Å². The Morgan fingerprint density at radius 2 is 1.86 bits per heavy atom. The molecule has 0 amide bonds. The standard InChI is InChI=1S/C17H32N4/c1-6-20(7-2)12-9-13-21(8-3)17-14-16(10-11-19-17)15(4)18-5/h10-11,14-15,18H,6-9,12-13H2,1-5H3. The minimum Gasteiger partial charge on any atom is -0.357 e. The van der Waals surface area contributed by atoms with E-state index in [-0.39, 0.29) is 0 Å². The summed E-state index contributed by atoms with van der Waals surface area (Å²) in [6.07, 6.45) is 3.11. The number of nitrogens with zero attached hydrogens (tertiary/aromatic N) is 3. The third kappa shape index (κ3) is 5.64. The summed E-state index contributed by atoms with van der Waals surface area (Å²) in [5.74, 6) is 1.09. The predicted octanol–water partition coefficient (Wildman–Crippen LogP) is 2.92. The average molecular weight is 292 g/mol. The predicted molar refractivity (Wildman–Crippen MR) is 92.0 cm³/mol. The molecule has 0 aliphatic heterocycles. The van der Waals surface area contributed by atoms with Gasteiger partial charge in [-0.1, -0.05) is 13.8 Å². The van der Waals surface area contributed by atoms with Crippen LogP contribution in [0.4, 0.5) is 5.82 Å². The molecule has 0 aliphatic rings. The number of rotatable bonds is 10. The molecule has 0 radical (unpaired) electrons. The molecule has 0 fully saturated rings. The summed E-state index contributed by atoms with van der Waals surface area (Å²) >= 11 is 0. The van der Waals surface area contributed by atoms with Crippen molar-refractivity contribution in [3.63, 3.8) is 0 Å². The van der Waals surface area contributed by atoms with E-state index in [1.165, 1.54) is 12.0 Å². The molecule has 0 aromatic carbocycles. The highest BCUT2D eigenvalue weighted by atomic mass is 15.2. The van der Waals surface area contributed by atoms with E-state index in [4.69, 9.17) is 0 Å². The lowest BCUT2D eigenvalue weighted by Crippen LogP contribution is -2.30. The van der Waals surface area contributed by atoms with E-state index < -0.39 is 0 Å². The van der Waals surface area contributed by atoms with Crippen LogP contribution in [0, 0.1) is 0 Å². The highest BCUT2D eigenvalue weighted by molar-refractivity contribution is 5.41. The van der Waals surface area contributed by atoms with Gasteiger partial charge >= 0.3 is 0 Å². The number of nitrogens with one attached hydrogen (secondary N) is 1. The van der Waals surface area contributed by atoms with Crippen LogP contribution >= 0.6 is 0 Å². The minimum absolute atomic E-state index is 0.362. The molecule has 0 bridgehead atoms. The van der Waals surface area contributed by atoms with Gasteiger partial charge in [0.25, 0.3) is 0 Å². The van der Waals surface area contributed by atoms with Crippen LogP contribution in [0.5, 0.6) is 0 Å². The van der Waals surface area contributed by atoms with E-state index in [0.29, 0.717) is 6.04 Å². The highest BCUT2D eigenvalue weighted by Crippen LogP contribution is 2.18. The fraction of sp³-hybridized carbons (Fsp3) is 0.706. The van der Waals surface area contributed by atoms with Gasteiger partial charge in [-0.15, -0.1) is 0 Å². The van der Waals surface area contributed by atoms with E-state index in [2.05, 4.69) is 59.9 Å². The van der Waals surface area contributed by atoms with Crippen molar-refractivity contribution >= 4 is 5.82 Å². The largest absolute Gasteiger partial charge is 0.357 e. The summed E-state index contributed by atoms with van der Waals surface area (Å²) < 4.78 is 0. The van der Waals surface area contributed by atoms with Crippen LogP contribution in [0.15, 0.2) is 18.3 Å². The first kappa shape index (κ1) is 17.9. The zero-order valence-electron chi connectivity index (χ0n) is 14.4. The first-order chi connectivity index (χ1) is 10.2. The molecule has 1 heterocycles. The molecule has 1 aromatic heterocycles. The molecular formula is C17H32N4. The van der Waals surface area contributed by atoms with Crippen molar-refractivity contribution in [2.75, 3.05) is 44.7 Å². The number of pyridine rings is 1. The molecule has 1 unspecified atom stereocenters. The van der Waals surface area contributed by atoms with Gasteiger partial charge < -0.3 is 15.1 Å². The molecule has 120 valence electrons. The Hall–Kier alpha value is -1.13. The second kappa shape index (κ2) is 9.74. The van der Waals surface area contributed by atoms with Crippen LogP contribution < -0.4 is 10.2 Å². The van der Waals surface area contributed by atoms with Crippen LogP contribution in [0.25, 0.3) is 0 Å².